The van der Waals surface area contributed by atoms with Crippen molar-refractivity contribution in [1.82, 2.24) is 9.62 Å². The van der Waals surface area contributed by atoms with E-state index in [4.69, 9.17) is 4.74 Å². The van der Waals surface area contributed by atoms with Crippen LogP contribution in [0.5, 0.6) is 0 Å². The molecule has 204 valence electrons. The number of fused-ring (bicyclic) bond motifs is 1. The van der Waals surface area contributed by atoms with E-state index in [1.165, 1.54) is 0 Å². The van der Waals surface area contributed by atoms with Gasteiger partial charge in [-0.15, -0.1) is 12.4 Å². The molecule has 7 nitrogen and oxygen atoms in total. The molecule has 39 heavy (non-hydrogen) atoms. The summed E-state index contributed by atoms with van der Waals surface area (Å²) in [6, 6.07) is 30.3. The number of sulfonamides is 1. The van der Waals surface area contributed by atoms with Crippen molar-refractivity contribution < 1.29 is 17.9 Å². The van der Waals surface area contributed by atoms with E-state index in [0.29, 0.717) is 18.5 Å². The molecule has 5 rings (SSSR count). The molecule has 0 aliphatic carbocycles. The molecule has 0 bridgehead atoms. The number of piperidine rings is 1. The van der Waals surface area contributed by atoms with Crippen molar-refractivity contribution in [2.75, 3.05) is 18.4 Å². The molecular formula is C30H32ClN3O4S. The quantitative estimate of drug-likeness (QED) is 0.275. The molecule has 1 heterocycles. The number of carbonyl (C=O) groups excluding carboxylic acids is 1. The maximum Gasteiger partial charge on any atom is 0.410 e. The Bertz CT molecular complexity index is 1490. The van der Waals surface area contributed by atoms with Crippen LogP contribution in [0.2, 0.25) is 0 Å². The monoisotopic (exact) mass is 565 g/mol. The van der Waals surface area contributed by atoms with Crippen LogP contribution in [0.4, 0.5) is 10.5 Å². The number of benzene rings is 4. The molecule has 1 saturated heterocycles. The van der Waals surface area contributed by atoms with Gasteiger partial charge in [0.1, 0.15) is 6.61 Å². The van der Waals surface area contributed by atoms with Gasteiger partial charge in [-0.05, 0) is 36.1 Å². The molecule has 4 aromatic carbocycles. The van der Waals surface area contributed by atoms with Crippen LogP contribution in [-0.4, -0.2) is 38.5 Å². The number of rotatable bonds is 8. The van der Waals surface area contributed by atoms with E-state index in [2.05, 4.69) is 10.0 Å². The van der Waals surface area contributed by atoms with Crippen molar-refractivity contribution in [2.45, 2.75) is 36.9 Å². The van der Waals surface area contributed by atoms with Gasteiger partial charge in [-0.25, -0.2) is 17.9 Å². The number of nitrogens with zero attached hydrogens (tertiary/aromatic N) is 1. The first-order chi connectivity index (χ1) is 18.5. The average molecular weight is 566 g/mol. The van der Waals surface area contributed by atoms with Crippen molar-refractivity contribution in [3.8, 4) is 0 Å². The Kier molecular flexibility index (Phi) is 9.45. The number of likely N-dealkylation sites (tertiary alicyclic amines) is 1. The van der Waals surface area contributed by atoms with E-state index in [9.17, 15) is 13.2 Å². The first-order valence-corrected chi connectivity index (χ1v) is 14.3. The average Bonchev–Trinajstić information content (AvgIpc) is 2.96. The topological polar surface area (TPSA) is 87.7 Å². The van der Waals surface area contributed by atoms with Crippen LogP contribution in [0.25, 0.3) is 10.8 Å². The van der Waals surface area contributed by atoms with E-state index in [1.807, 2.05) is 84.9 Å². The van der Waals surface area contributed by atoms with Gasteiger partial charge in [0.05, 0.1) is 4.90 Å². The van der Waals surface area contributed by atoms with Crippen molar-refractivity contribution in [3.05, 3.63) is 108 Å². The number of hydrogen-bond donors (Lipinski definition) is 2. The Morgan fingerprint density at radius 1 is 0.795 bits per heavy atom. The Morgan fingerprint density at radius 2 is 1.41 bits per heavy atom. The van der Waals surface area contributed by atoms with Gasteiger partial charge in [0.15, 0.2) is 0 Å². The lowest BCUT2D eigenvalue weighted by Gasteiger charge is -2.32. The number of nitrogens with one attached hydrogen (secondary N) is 2. The molecule has 1 fully saturated rings. The number of ether oxygens (including phenoxy) is 1. The summed E-state index contributed by atoms with van der Waals surface area (Å²) in [4.78, 5) is 14.5. The summed E-state index contributed by atoms with van der Waals surface area (Å²) in [7, 11) is -3.71. The predicted octanol–water partition coefficient (Wildman–Crippen LogP) is 5.95. The van der Waals surface area contributed by atoms with Gasteiger partial charge in [0.25, 0.3) is 0 Å². The molecule has 0 aromatic heterocycles. The lowest BCUT2D eigenvalue weighted by atomic mass is 10.0. The molecule has 2 N–H and O–H groups in total. The van der Waals surface area contributed by atoms with E-state index in [-0.39, 0.29) is 42.6 Å². The first kappa shape index (κ1) is 28.4. The highest BCUT2D eigenvalue weighted by Gasteiger charge is 2.25. The van der Waals surface area contributed by atoms with Gasteiger partial charge in [-0.2, -0.15) is 0 Å². The van der Waals surface area contributed by atoms with Crippen LogP contribution >= 0.6 is 12.4 Å². The zero-order valence-electron chi connectivity index (χ0n) is 21.5. The Morgan fingerprint density at radius 3 is 2.10 bits per heavy atom. The third-order valence-electron chi connectivity index (χ3n) is 6.80. The summed E-state index contributed by atoms with van der Waals surface area (Å²) in [5, 5.41) is 5.10. The van der Waals surface area contributed by atoms with Gasteiger partial charge >= 0.3 is 6.09 Å². The number of halogens is 1. The molecule has 0 atom stereocenters. The molecule has 1 aliphatic heterocycles. The van der Waals surface area contributed by atoms with E-state index in [0.717, 1.165) is 35.0 Å². The standard InChI is InChI=1S/C30H31N3O4S.ClH/c34-30(37-22-24-11-5-2-6-12-24)33-19-17-25(18-20-33)32-28-15-7-14-27-26(28)13-8-16-29(27)38(35,36)31-21-23-9-3-1-4-10-23;/h1-16,25,31-32H,17-22H2;1H. The lowest BCUT2D eigenvalue weighted by Crippen LogP contribution is -2.42. The molecule has 0 spiro atoms. The highest BCUT2D eigenvalue weighted by atomic mass is 35.5. The predicted molar refractivity (Wildman–Crippen MR) is 157 cm³/mol. The molecule has 1 amide bonds. The number of carbonyl (C=O) groups is 1. The van der Waals surface area contributed by atoms with Crippen molar-refractivity contribution in [3.63, 3.8) is 0 Å². The van der Waals surface area contributed by atoms with Crippen molar-refractivity contribution in [2.24, 2.45) is 0 Å². The van der Waals surface area contributed by atoms with Crippen LogP contribution in [0.3, 0.4) is 0 Å². The summed E-state index contributed by atoms with van der Waals surface area (Å²) in [6.45, 7) is 1.68. The highest BCUT2D eigenvalue weighted by Crippen LogP contribution is 2.30. The Balaban J connectivity index is 0.00000353. The van der Waals surface area contributed by atoms with Gasteiger partial charge in [0.2, 0.25) is 10.0 Å². The smallest absolute Gasteiger partial charge is 0.410 e. The van der Waals surface area contributed by atoms with E-state index < -0.39 is 10.0 Å². The van der Waals surface area contributed by atoms with E-state index in [1.54, 1.807) is 17.0 Å². The second-order valence-electron chi connectivity index (χ2n) is 9.41. The second kappa shape index (κ2) is 13.0. The minimum absolute atomic E-state index is 0. The lowest BCUT2D eigenvalue weighted by molar-refractivity contribution is 0.0882. The molecule has 0 radical (unpaired) electrons. The van der Waals surface area contributed by atoms with Crippen LogP contribution in [0.15, 0.2) is 102 Å². The van der Waals surface area contributed by atoms with E-state index >= 15 is 0 Å². The molecule has 9 heteroatoms. The molecular weight excluding hydrogens is 534 g/mol. The zero-order valence-corrected chi connectivity index (χ0v) is 23.1. The fourth-order valence-electron chi connectivity index (χ4n) is 4.73. The van der Waals surface area contributed by atoms with Crippen molar-refractivity contribution >= 4 is 45.0 Å². The minimum Gasteiger partial charge on any atom is -0.445 e. The van der Waals surface area contributed by atoms with Crippen LogP contribution in [-0.2, 0) is 27.9 Å². The maximum absolute atomic E-state index is 13.2. The van der Waals surface area contributed by atoms with Gasteiger partial charge < -0.3 is 15.0 Å². The second-order valence-corrected chi connectivity index (χ2v) is 11.1. The van der Waals surface area contributed by atoms with Gasteiger partial charge in [0, 0.05) is 42.1 Å². The van der Waals surface area contributed by atoms with Crippen LogP contribution in [0, 0.1) is 0 Å². The number of amides is 1. The molecule has 0 saturated carbocycles. The molecule has 1 aliphatic rings. The fraction of sp³-hybridized carbons (Fsp3) is 0.233. The Labute approximate surface area is 235 Å². The van der Waals surface area contributed by atoms with Crippen LogP contribution < -0.4 is 10.0 Å². The maximum atomic E-state index is 13.2. The zero-order chi connectivity index (χ0) is 26.4. The SMILES string of the molecule is Cl.O=C(OCc1ccccc1)N1CCC(Nc2cccc3c(S(=O)(=O)NCc4ccccc4)cccc23)CC1. The van der Waals surface area contributed by atoms with Crippen LogP contribution in [0.1, 0.15) is 24.0 Å². The third-order valence-corrected chi connectivity index (χ3v) is 8.26. The van der Waals surface area contributed by atoms with Gasteiger partial charge in [-0.1, -0.05) is 84.9 Å². The first-order valence-electron chi connectivity index (χ1n) is 12.8. The molecule has 4 aromatic rings. The van der Waals surface area contributed by atoms with Crippen molar-refractivity contribution in [1.29, 1.82) is 0 Å². The number of hydrogen-bond acceptors (Lipinski definition) is 5. The van der Waals surface area contributed by atoms with Gasteiger partial charge in [-0.3, -0.25) is 0 Å². The summed E-state index contributed by atoms with van der Waals surface area (Å²) in [6.07, 6.45) is 1.25. The summed E-state index contributed by atoms with van der Waals surface area (Å²) >= 11 is 0. The minimum atomic E-state index is -3.71. The summed E-state index contributed by atoms with van der Waals surface area (Å²) in [5.74, 6) is 0. The Hall–Kier alpha value is -3.59. The highest BCUT2D eigenvalue weighted by molar-refractivity contribution is 7.89. The summed E-state index contributed by atoms with van der Waals surface area (Å²) < 4.78 is 34.6. The fourth-order valence-corrected chi connectivity index (χ4v) is 5.97. The number of anilines is 1. The summed E-state index contributed by atoms with van der Waals surface area (Å²) in [5.41, 5.74) is 2.74. The largest absolute Gasteiger partial charge is 0.445 e. The normalized spacial score (nSPS) is 14.0. The third kappa shape index (κ3) is 7.09. The molecule has 0 unspecified atom stereocenters.